The molecular weight excluding hydrogens is 292 g/mol. The van der Waals surface area contributed by atoms with E-state index < -0.39 is 10.0 Å². The van der Waals surface area contributed by atoms with Crippen LogP contribution in [0.2, 0.25) is 0 Å². The predicted molar refractivity (Wildman–Crippen MR) is 81.7 cm³/mol. The molecule has 7 nitrogen and oxygen atoms in total. The molecule has 0 unspecified atom stereocenters. The van der Waals surface area contributed by atoms with Gasteiger partial charge in [-0.15, -0.1) is 0 Å². The van der Waals surface area contributed by atoms with Gasteiger partial charge in [0, 0.05) is 40.1 Å². The number of rotatable bonds is 11. The lowest BCUT2D eigenvalue weighted by molar-refractivity contribution is 0.189. The van der Waals surface area contributed by atoms with Crippen LogP contribution in [0.1, 0.15) is 19.8 Å². The van der Waals surface area contributed by atoms with Gasteiger partial charge in [-0.1, -0.05) is 6.92 Å². The molecule has 0 atom stereocenters. The highest BCUT2D eigenvalue weighted by molar-refractivity contribution is 7.89. The minimum absolute atomic E-state index is 0.242. The summed E-state index contributed by atoms with van der Waals surface area (Å²) in [7, 11) is -0.275. The van der Waals surface area contributed by atoms with Gasteiger partial charge in [-0.3, -0.25) is 4.68 Å². The minimum Gasteiger partial charge on any atom is -0.385 e. The zero-order valence-corrected chi connectivity index (χ0v) is 13.9. The highest BCUT2D eigenvalue weighted by Gasteiger charge is 2.22. The highest BCUT2D eigenvalue weighted by Crippen LogP contribution is 2.13. The van der Waals surface area contributed by atoms with Gasteiger partial charge >= 0.3 is 0 Å². The van der Waals surface area contributed by atoms with Gasteiger partial charge in [0.25, 0.3) is 0 Å². The Balaban J connectivity index is 2.56. The van der Waals surface area contributed by atoms with Crippen LogP contribution in [0, 0.1) is 0 Å². The van der Waals surface area contributed by atoms with Crippen LogP contribution in [0.3, 0.4) is 0 Å². The Morgan fingerprint density at radius 3 is 2.86 bits per heavy atom. The molecule has 1 rings (SSSR count). The fourth-order valence-corrected chi connectivity index (χ4v) is 3.04. The third-order valence-corrected chi connectivity index (χ3v) is 4.94. The van der Waals surface area contributed by atoms with Gasteiger partial charge in [-0.05, 0) is 25.9 Å². The number of aromatic nitrogens is 2. The number of ether oxygens (including phenoxy) is 1. The zero-order chi connectivity index (χ0) is 15.7. The topological polar surface area (TPSA) is 76.5 Å². The molecule has 0 aliphatic heterocycles. The van der Waals surface area contributed by atoms with Crippen molar-refractivity contribution in [1.29, 1.82) is 0 Å². The second-order valence-electron chi connectivity index (χ2n) is 4.82. The fraction of sp³-hybridized carbons (Fsp3) is 0.769. The van der Waals surface area contributed by atoms with Gasteiger partial charge in [0.15, 0.2) is 0 Å². The molecule has 1 aromatic rings. The first-order chi connectivity index (χ1) is 10.0. The smallest absolute Gasteiger partial charge is 0.245 e. The largest absolute Gasteiger partial charge is 0.385 e. The van der Waals surface area contributed by atoms with E-state index in [0.717, 1.165) is 19.5 Å². The van der Waals surface area contributed by atoms with Crippen LogP contribution in [-0.2, 0) is 21.3 Å². The van der Waals surface area contributed by atoms with Crippen molar-refractivity contribution in [3.8, 4) is 0 Å². The first-order valence-electron chi connectivity index (χ1n) is 7.20. The van der Waals surface area contributed by atoms with E-state index in [9.17, 15) is 8.42 Å². The number of hydrogen-bond acceptors (Lipinski definition) is 5. The average Bonchev–Trinajstić information content (AvgIpc) is 2.93. The van der Waals surface area contributed by atoms with Crippen molar-refractivity contribution in [3.63, 3.8) is 0 Å². The molecule has 122 valence electrons. The molecule has 0 saturated carbocycles. The summed E-state index contributed by atoms with van der Waals surface area (Å²) in [5.74, 6) is 0. The third kappa shape index (κ3) is 5.74. The summed E-state index contributed by atoms with van der Waals surface area (Å²) < 4.78 is 32.6. The summed E-state index contributed by atoms with van der Waals surface area (Å²) in [5.41, 5.74) is 0. The van der Waals surface area contributed by atoms with Crippen LogP contribution >= 0.6 is 0 Å². The third-order valence-electron chi connectivity index (χ3n) is 3.13. The lowest BCUT2D eigenvalue weighted by atomic mass is 10.4. The van der Waals surface area contributed by atoms with E-state index in [2.05, 4.69) is 17.3 Å². The van der Waals surface area contributed by atoms with Gasteiger partial charge in [-0.25, -0.2) is 12.7 Å². The van der Waals surface area contributed by atoms with Gasteiger partial charge in [0.2, 0.25) is 10.0 Å². The summed E-state index contributed by atoms with van der Waals surface area (Å²) in [6.07, 6.45) is 4.59. The quantitative estimate of drug-likeness (QED) is 0.603. The number of sulfonamides is 1. The summed E-state index contributed by atoms with van der Waals surface area (Å²) in [6.45, 7) is 5.57. The van der Waals surface area contributed by atoms with Crippen LogP contribution in [0.5, 0.6) is 0 Å². The number of nitrogens with zero attached hydrogens (tertiary/aromatic N) is 3. The van der Waals surface area contributed by atoms with Gasteiger partial charge in [-0.2, -0.15) is 5.10 Å². The first kappa shape index (κ1) is 18.1. The Morgan fingerprint density at radius 1 is 1.43 bits per heavy atom. The lowest BCUT2D eigenvalue weighted by Crippen LogP contribution is -2.28. The van der Waals surface area contributed by atoms with E-state index >= 15 is 0 Å². The van der Waals surface area contributed by atoms with Crippen molar-refractivity contribution in [2.75, 3.05) is 40.4 Å². The van der Waals surface area contributed by atoms with Crippen molar-refractivity contribution >= 4 is 10.0 Å². The van der Waals surface area contributed by atoms with Crippen molar-refractivity contribution in [2.24, 2.45) is 0 Å². The fourth-order valence-electron chi connectivity index (χ4n) is 1.87. The molecular formula is C13H26N4O3S. The summed E-state index contributed by atoms with van der Waals surface area (Å²) in [5, 5.41) is 7.34. The summed E-state index contributed by atoms with van der Waals surface area (Å²) in [4.78, 5) is 0.242. The molecule has 0 aliphatic carbocycles. The summed E-state index contributed by atoms with van der Waals surface area (Å²) >= 11 is 0. The molecule has 0 radical (unpaired) electrons. The molecule has 0 saturated heterocycles. The molecule has 1 N–H and O–H groups in total. The Morgan fingerprint density at radius 2 is 2.19 bits per heavy atom. The number of aryl methyl sites for hydroxylation is 1. The predicted octanol–water partition coefficient (Wildman–Crippen LogP) is 0.540. The number of nitrogens with one attached hydrogen (secondary N) is 1. The van der Waals surface area contributed by atoms with Crippen molar-refractivity contribution < 1.29 is 13.2 Å². The molecule has 21 heavy (non-hydrogen) atoms. The molecule has 1 heterocycles. The maximum Gasteiger partial charge on any atom is 0.245 e. The molecule has 0 bridgehead atoms. The minimum atomic E-state index is -3.46. The van der Waals surface area contributed by atoms with Crippen LogP contribution < -0.4 is 5.32 Å². The van der Waals surface area contributed by atoms with Crippen molar-refractivity contribution in [2.45, 2.75) is 31.2 Å². The Bertz CT molecular complexity index is 501. The van der Waals surface area contributed by atoms with Crippen molar-refractivity contribution in [3.05, 3.63) is 12.4 Å². The van der Waals surface area contributed by atoms with E-state index in [1.165, 1.54) is 10.5 Å². The second kappa shape index (κ2) is 9.14. The molecule has 0 aliphatic rings. The van der Waals surface area contributed by atoms with E-state index in [1.54, 1.807) is 25.0 Å². The van der Waals surface area contributed by atoms with Crippen molar-refractivity contribution in [1.82, 2.24) is 19.4 Å². The summed E-state index contributed by atoms with van der Waals surface area (Å²) in [6, 6.07) is 0. The number of methoxy groups -OCH3 is 1. The van der Waals surface area contributed by atoms with Crippen LogP contribution in [0.15, 0.2) is 17.3 Å². The van der Waals surface area contributed by atoms with Gasteiger partial charge in [0.1, 0.15) is 4.90 Å². The standard InChI is InChI=1S/C13H26N4O3S/c1-4-14-7-5-9-17-12-13(11-15-17)21(18,19)16(2)8-6-10-20-3/h11-12,14H,4-10H2,1-3H3. The van der Waals surface area contributed by atoms with Gasteiger partial charge < -0.3 is 10.1 Å². The zero-order valence-electron chi connectivity index (χ0n) is 13.1. The van der Waals surface area contributed by atoms with E-state index in [0.29, 0.717) is 26.1 Å². The Labute approximate surface area is 127 Å². The van der Waals surface area contributed by atoms with E-state index in [4.69, 9.17) is 4.74 Å². The highest BCUT2D eigenvalue weighted by atomic mass is 32.2. The number of hydrogen-bond donors (Lipinski definition) is 1. The molecule has 0 amide bonds. The van der Waals surface area contributed by atoms with Crippen LogP contribution in [0.4, 0.5) is 0 Å². The lowest BCUT2D eigenvalue weighted by Gasteiger charge is -2.15. The van der Waals surface area contributed by atoms with E-state index in [1.807, 2.05) is 0 Å². The average molecular weight is 318 g/mol. The van der Waals surface area contributed by atoms with Gasteiger partial charge in [0.05, 0.1) is 6.20 Å². The maximum atomic E-state index is 12.3. The molecule has 0 fully saturated rings. The first-order valence-corrected chi connectivity index (χ1v) is 8.64. The maximum absolute atomic E-state index is 12.3. The van der Waals surface area contributed by atoms with E-state index in [-0.39, 0.29) is 4.90 Å². The molecule has 8 heteroatoms. The SMILES string of the molecule is CCNCCCn1cc(S(=O)(=O)N(C)CCCOC)cn1. The monoisotopic (exact) mass is 318 g/mol. The van der Waals surface area contributed by atoms with Crippen LogP contribution in [0.25, 0.3) is 0 Å². The molecule has 1 aromatic heterocycles. The van der Waals surface area contributed by atoms with Crippen LogP contribution in [-0.4, -0.2) is 62.9 Å². The Kier molecular flexibility index (Phi) is 7.87. The molecule has 0 aromatic carbocycles. The second-order valence-corrected chi connectivity index (χ2v) is 6.86. The normalized spacial score (nSPS) is 12.2. The Hall–Kier alpha value is -0.960. The molecule has 0 spiro atoms.